The Morgan fingerprint density at radius 2 is 1.78 bits per heavy atom. The van der Waals surface area contributed by atoms with Crippen LogP contribution in [0.25, 0.3) is 0 Å². The molecule has 0 aliphatic carbocycles. The van der Waals surface area contributed by atoms with Crippen LogP contribution in [0.5, 0.6) is 5.75 Å². The first-order valence-corrected chi connectivity index (χ1v) is 6.56. The third kappa shape index (κ3) is 1.80. The van der Waals surface area contributed by atoms with E-state index in [2.05, 4.69) is 36.6 Å². The summed E-state index contributed by atoms with van der Waals surface area (Å²) in [7, 11) is 0. The van der Waals surface area contributed by atoms with E-state index in [1.54, 1.807) is 6.07 Å². The maximum absolute atomic E-state index is 12.3. The summed E-state index contributed by atoms with van der Waals surface area (Å²) in [4.78, 5) is 0. The fraction of sp³-hybridized carbons (Fsp3) is 0.273. The number of alkyl halides is 3. The molecule has 0 unspecified atom stereocenters. The average Bonchev–Trinajstić information content (AvgIpc) is 2.76. The van der Waals surface area contributed by atoms with Gasteiger partial charge in [0.1, 0.15) is 18.0 Å². The largest absolute Gasteiger partial charge is 0.573 e. The number of hydrogen-bond donors (Lipinski definition) is 0. The Hall–Kier alpha value is -0.530. The van der Waals surface area contributed by atoms with E-state index in [9.17, 15) is 13.2 Å². The summed E-state index contributed by atoms with van der Waals surface area (Å²) in [5.41, 5.74) is 1.15. The van der Waals surface area contributed by atoms with Crippen LogP contribution in [-0.2, 0) is 4.74 Å². The molecule has 0 saturated heterocycles. The SMILES string of the molecule is FC(F)(F)Oc1cccc2c1[C@H]1O[C@@H]2C(Br)=C1Br. The van der Waals surface area contributed by atoms with Crippen molar-refractivity contribution in [2.24, 2.45) is 0 Å². The fourth-order valence-electron chi connectivity index (χ4n) is 2.19. The van der Waals surface area contributed by atoms with Crippen molar-refractivity contribution in [1.82, 2.24) is 0 Å². The van der Waals surface area contributed by atoms with Crippen LogP contribution < -0.4 is 4.74 Å². The van der Waals surface area contributed by atoms with Gasteiger partial charge in [0.15, 0.2) is 0 Å². The maximum atomic E-state index is 12.3. The smallest absolute Gasteiger partial charge is 0.405 e. The normalized spacial score (nSPS) is 25.6. The van der Waals surface area contributed by atoms with Crippen molar-refractivity contribution in [1.29, 1.82) is 0 Å². The Balaban J connectivity index is 2.08. The van der Waals surface area contributed by atoms with Gasteiger partial charge in [0, 0.05) is 14.5 Å². The molecule has 2 atom stereocenters. The van der Waals surface area contributed by atoms with Crippen LogP contribution in [0, 0.1) is 0 Å². The lowest BCUT2D eigenvalue weighted by Gasteiger charge is -2.17. The summed E-state index contributed by atoms with van der Waals surface area (Å²) < 4.78 is 48.2. The van der Waals surface area contributed by atoms with Crippen molar-refractivity contribution in [3.05, 3.63) is 38.3 Å². The molecule has 1 aromatic carbocycles. The van der Waals surface area contributed by atoms with Crippen LogP contribution in [0.3, 0.4) is 0 Å². The Labute approximate surface area is 117 Å². The van der Waals surface area contributed by atoms with Crippen LogP contribution >= 0.6 is 31.9 Å². The topological polar surface area (TPSA) is 18.5 Å². The van der Waals surface area contributed by atoms with E-state index in [1.807, 2.05) is 0 Å². The Bertz CT molecular complexity index is 554. The minimum Gasteiger partial charge on any atom is -0.405 e. The molecule has 96 valence electrons. The molecule has 1 aromatic rings. The zero-order chi connectivity index (χ0) is 13.1. The highest BCUT2D eigenvalue weighted by Gasteiger charge is 2.46. The highest BCUT2D eigenvalue weighted by molar-refractivity contribution is 9.14. The van der Waals surface area contributed by atoms with Gasteiger partial charge in [0.25, 0.3) is 0 Å². The van der Waals surface area contributed by atoms with Crippen molar-refractivity contribution in [3.8, 4) is 5.75 Å². The number of hydrogen-bond acceptors (Lipinski definition) is 2. The molecule has 2 aliphatic heterocycles. The molecule has 2 bridgehead atoms. The molecule has 0 amide bonds. The van der Waals surface area contributed by atoms with Gasteiger partial charge < -0.3 is 9.47 Å². The molecule has 0 saturated carbocycles. The molecular weight excluding hydrogens is 381 g/mol. The quantitative estimate of drug-likeness (QED) is 0.696. The first-order chi connectivity index (χ1) is 8.38. The van der Waals surface area contributed by atoms with Crippen LogP contribution in [0.15, 0.2) is 27.2 Å². The van der Waals surface area contributed by atoms with E-state index in [-0.39, 0.29) is 11.9 Å². The van der Waals surface area contributed by atoms with Crippen LogP contribution in [0.1, 0.15) is 23.3 Å². The third-order valence-electron chi connectivity index (χ3n) is 2.83. The summed E-state index contributed by atoms with van der Waals surface area (Å²) in [5, 5.41) is 0. The molecule has 2 aliphatic rings. The summed E-state index contributed by atoms with van der Waals surface area (Å²) >= 11 is 6.68. The zero-order valence-corrected chi connectivity index (χ0v) is 11.8. The van der Waals surface area contributed by atoms with E-state index >= 15 is 0 Å². The summed E-state index contributed by atoms with van der Waals surface area (Å²) in [6.45, 7) is 0. The summed E-state index contributed by atoms with van der Waals surface area (Å²) in [6, 6.07) is 4.56. The predicted molar refractivity (Wildman–Crippen MR) is 64.6 cm³/mol. The Morgan fingerprint density at radius 3 is 2.44 bits per heavy atom. The lowest BCUT2D eigenvalue weighted by atomic mass is 9.96. The first kappa shape index (κ1) is 12.5. The summed E-state index contributed by atoms with van der Waals surface area (Å²) in [6.07, 6.45) is -5.58. The van der Waals surface area contributed by atoms with Gasteiger partial charge in [0.2, 0.25) is 0 Å². The monoisotopic (exact) mass is 384 g/mol. The lowest BCUT2D eigenvalue weighted by Crippen LogP contribution is -2.18. The van der Waals surface area contributed by atoms with E-state index in [4.69, 9.17) is 4.74 Å². The highest BCUT2D eigenvalue weighted by Crippen LogP contribution is 2.59. The Kier molecular flexibility index (Phi) is 2.76. The van der Waals surface area contributed by atoms with Gasteiger partial charge in [-0.2, -0.15) is 0 Å². The molecule has 7 heteroatoms. The van der Waals surface area contributed by atoms with Crippen molar-refractivity contribution in [2.75, 3.05) is 0 Å². The molecule has 3 rings (SSSR count). The molecule has 0 radical (unpaired) electrons. The molecule has 0 spiro atoms. The van der Waals surface area contributed by atoms with Crippen LogP contribution in [0.4, 0.5) is 13.2 Å². The third-order valence-corrected chi connectivity index (χ3v) is 5.05. The fourth-order valence-corrected chi connectivity index (χ4v) is 3.30. The molecule has 18 heavy (non-hydrogen) atoms. The molecule has 0 aromatic heterocycles. The molecule has 0 N–H and O–H groups in total. The number of fused-ring (bicyclic) bond motifs is 5. The Morgan fingerprint density at radius 1 is 1.11 bits per heavy atom. The minimum absolute atomic E-state index is 0.204. The van der Waals surface area contributed by atoms with Gasteiger partial charge >= 0.3 is 6.36 Å². The zero-order valence-electron chi connectivity index (χ0n) is 8.59. The second-order valence-corrected chi connectivity index (χ2v) is 5.61. The van der Waals surface area contributed by atoms with Crippen molar-refractivity contribution in [2.45, 2.75) is 18.6 Å². The van der Waals surface area contributed by atoms with Gasteiger partial charge in [-0.25, -0.2) is 0 Å². The van der Waals surface area contributed by atoms with E-state index < -0.39 is 12.5 Å². The standard InChI is InChI=1S/C11H5Br2F3O2/c12-7-8(13)10-6-4(9(7)17-10)2-1-3-5(6)18-11(14,15)16/h1-3,9-10H/t9-,10+/m0/s1. The van der Waals surface area contributed by atoms with Crippen molar-refractivity contribution < 1.29 is 22.6 Å². The van der Waals surface area contributed by atoms with Gasteiger partial charge in [0.05, 0.1) is 0 Å². The number of rotatable bonds is 1. The second kappa shape index (κ2) is 3.98. The van der Waals surface area contributed by atoms with Crippen LogP contribution in [-0.4, -0.2) is 6.36 Å². The molecular formula is C11H5Br2F3O2. The van der Waals surface area contributed by atoms with Crippen molar-refractivity contribution >= 4 is 31.9 Å². The van der Waals surface area contributed by atoms with E-state index in [1.165, 1.54) is 12.1 Å². The van der Waals surface area contributed by atoms with Gasteiger partial charge in [-0.3, -0.25) is 0 Å². The first-order valence-electron chi connectivity index (χ1n) is 4.97. The lowest BCUT2D eigenvalue weighted by molar-refractivity contribution is -0.275. The second-order valence-electron chi connectivity index (χ2n) is 3.90. The molecule has 2 nitrogen and oxygen atoms in total. The summed E-state index contributed by atoms with van der Waals surface area (Å²) in [5.74, 6) is -0.204. The van der Waals surface area contributed by atoms with Gasteiger partial charge in [-0.15, -0.1) is 13.2 Å². The van der Waals surface area contributed by atoms with Gasteiger partial charge in [-0.1, -0.05) is 44.0 Å². The van der Waals surface area contributed by atoms with Gasteiger partial charge in [-0.05, 0) is 11.6 Å². The average molecular weight is 386 g/mol. The molecule has 2 heterocycles. The van der Waals surface area contributed by atoms with Crippen LogP contribution in [0.2, 0.25) is 0 Å². The number of ether oxygens (including phenoxy) is 2. The number of benzene rings is 1. The maximum Gasteiger partial charge on any atom is 0.573 e. The molecule has 0 fully saturated rings. The predicted octanol–water partition coefficient (Wildman–Crippen LogP) is 4.71. The van der Waals surface area contributed by atoms with E-state index in [0.717, 1.165) is 4.48 Å². The highest BCUT2D eigenvalue weighted by atomic mass is 79.9. The van der Waals surface area contributed by atoms with E-state index in [0.29, 0.717) is 15.6 Å². The van der Waals surface area contributed by atoms with Crippen molar-refractivity contribution in [3.63, 3.8) is 0 Å². The minimum atomic E-state index is -4.70. The number of halogens is 5.